The van der Waals surface area contributed by atoms with Gasteiger partial charge in [-0.15, -0.1) is 0 Å². The van der Waals surface area contributed by atoms with Gasteiger partial charge in [0.2, 0.25) is 0 Å². The van der Waals surface area contributed by atoms with Crippen molar-refractivity contribution in [3.05, 3.63) is 18.0 Å². The number of rotatable bonds is 4. The first kappa shape index (κ1) is 12.6. The lowest BCUT2D eigenvalue weighted by Crippen LogP contribution is -2.39. The van der Waals surface area contributed by atoms with E-state index in [9.17, 15) is 10.2 Å². The Morgan fingerprint density at radius 1 is 1.41 bits per heavy atom. The second-order valence-corrected chi connectivity index (χ2v) is 5.05. The molecule has 1 aliphatic carbocycles. The normalized spacial score (nSPS) is 21.4. The molecule has 96 valence electrons. The summed E-state index contributed by atoms with van der Waals surface area (Å²) in [6.07, 6.45) is 6.38. The molecule has 1 aromatic rings. The highest BCUT2D eigenvalue weighted by Gasteiger charge is 2.39. The number of aliphatic hydroxyl groups is 2. The summed E-state index contributed by atoms with van der Waals surface area (Å²) in [6, 6.07) is 1.81. The molecule has 0 aliphatic heterocycles. The van der Waals surface area contributed by atoms with Crippen LogP contribution >= 0.6 is 0 Å². The van der Waals surface area contributed by atoms with Gasteiger partial charge in [0.1, 0.15) is 6.10 Å². The smallest absolute Gasteiger partial charge is 0.124 e. The Kier molecular flexibility index (Phi) is 3.84. The van der Waals surface area contributed by atoms with Crippen LogP contribution in [0.25, 0.3) is 0 Å². The van der Waals surface area contributed by atoms with E-state index in [0.717, 1.165) is 37.9 Å². The number of nitrogens with zero attached hydrogens (tertiary/aromatic N) is 2. The molecule has 0 bridgehead atoms. The fourth-order valence-electron chi connectivity index (χ4n) is 2.69. The fraction of sp³-hybridized carbons (Fsp3) is 0.769. The van der Waals surface area contributed by atoms with Gasteiger partial charge in [-0.25, -0.2) is 0 Å². The molecule has 2 rings (SSSR count). The summed E-state index contributed by atoms with van der Waals surface area (Å²) in [5.74, 6) is 0. The van der Waals surface area contributed by atoms with Crippen LogP contribution in [0.2, 0.25) is 0 Å². The van der Waals surface area contributed by atoms with Crippen LogP contribution in [0.3, 0.4) is 0 Å². The maximum Gasteiger partial charge on any atom is 0.124 e. The van der Waals surface area contributed by atoms with Crippen LogP contribution < -0.4 is 0 Å². The number of aromatic nitrogens is 2. The molecule has 0 radical (unpaired) electrons. The largest absolute Gasteiger partial charge is 0.387 e. The average Bonchev–Trinajstić information content (AvgIpc) is 2.78. The molecule has 1 atom stereocenters. The van der Waals surface area contributed by atoms with Crippen LogP contribution in [0.1, 0.15) is 57.2 Å². The van der Waals surface area contributed by atoms with Gasteiger partial charge in [0, 0.05) is 12.7 Å². The highest BCUT2D eigenvalue weighted by atomic mass is 16.3. The first-order chi connectivity index (χ1) is 8.17. The lowest BCUT2D eigenvalue weighted by atomic mass is 9.79. The van der Waals surface area contributed by atoms with Gasteiger partial charge < -0.3 is 10.2 Å². The summed E-state index contributed by atoms with van der Waals surface area (Å²) in [7, 11) is 0. The van der Waals surface area contributed by atoms with Gasteiger partial charge in [-0.1, -0.05) is 26.2 Å². The van der Waals surface area contributed by atoms with Crippen molar-refractivity contribution >= 4 is 0 Å². The fourth-order valence-corrected chi connectivity index (χ4v) is 2.69. The Labute approximate surface area is 102 Å². The summed E-state index contributed by atoms with van der Waals surface area (Å²) >= 11 is 0. The monoisotopic (exact) mass is 238 g/mol. The van der Waals surface area contributed by atoms with Crippen LogP contribution in [0.15, 0.2) is 12.3 Å². The molecule has 17 heavy (non-hydrogen) atoms. The molecule has 4 heteroatoms. The van der Waals surface area contributed by atoms with Gasteiger partial charge in [-0.3, -0.25) is 4.68 Å². The molecular weight excluding hydrogens is 216 g/mol. The van der Waals surface area contributed by atoms with Crippen molar-refractivity contribution in [2.45, 2.75) is 63.7 Å². The molecule has 1 saturated carbocycles. The third kappa shape index (κ3) is 2.53. The zero-order chi connectivity index (χ0) is 12.3. The maximum absolute atomic E-state index is 10.5. The molecule has 0 spiro atoms. The molecule has 0 saturated heterocycles. The highest BCUT2D eigenvalue weighted by Crippen LogP contribution is 2.38. The van der Waals surface area contributed by atoms with Gasteiger partial charge >= 0.3 is 0 Å². The standard InChI is InChI=1S/C13H22N2O2/c1-2-10-15-11(6-9-14-15)12(16)13(17)7-4-3-5-8-13/h6,9,12,16-17H,2-5,7-8,10H2,1H3. The zero-order valence-electron chi connectivity index (χ0n) is 10.5. The van der Waals surface area contributed by atoms with Crippen molar-refractivity contribution < 1.29 is 10.2 Å². The average molecular weight is 238 g/mol. The maximum atomic E-state index is 10.5. The molecule has 1 heterocycles. The van der Waals surface area contributed by atoms with E-state index in [1.165, 1.54) is 0 Å². The molecule has 4 nitrogen and oxygen atoms in total. The van der Waals surface area contributed by atoms with Gasteiger partial charge in [0.15, 0.2) is 0 Å². The van der Waals surface area contributed by atoms with Gasteiger partial charge in [0.05, 0.1) is 11.3 Å². The minimum absolute atomic E-state index is 0.686. The van der Waals surface area contributed by atoms with Gasteiger partial charge in [-0.05, 0) is 25.3 Å². The SMILES string of the molecule is CCCn1nccc1C(O)C1(O)CCCCC1. The summed E-state index contributed by atoms with van der Waals surface area (Å²) < 4.78 is 1.80. The van der Waals surface area contributed by atoms with E-state index in [1.54, 1.807) is 10.9 Å². The molecule has 1 fully saturated rings. The molecule has 2 N–H and O–H groups in total. The summed E-state index contributed by atoms with van der Waals surface area (Å²) in [4.78, 5) is 0. The lowest BCUT2D eigenvalue weighted by Gasteiger charge is -2.36. The Morgan fingerprint density at radius 3 is 2.76 bits per heavy atom. The number of aryl methyl sites for hydroxylation is 1. The Bertz CT molecular complexity index is 356. The molecule has 1 aliphatic rings. The molecule has 1 unspecified atom stereocenters. The molecule has 1 aromatic heterocycles. The first-order valence-corrected chi connectivity index (χ1v) is 6.59. The van der Waals surface area contributed by atoms with Crippen LogP contribution in [-0.4, -0.2) is 25.6 Å². The topological polar surface area (TPSA) is 58.3 Å². The predicted molar refractivity (Wildman–Crippen MR) is 65.5 cm³/mol. The minimum atomic E-state index is -0.955. The van der Waals surface area contributed by atoms with Crippen LogP contribution in [0.4, 0.5) is 0 Å². The van der Waals surface area contributed by atoms with Gasteiger partial charge in [0.25, 0.3) is 0 Å². The Morgan fingerprint density at radius 2 is 2.12 bits per heavy atom. The van der Waals surface area contributed by atoms with E-state index < -0.39 is 11.7 Å². The number of hydrogen-bond acceptors (Lipinski definition) is 3. The first-order valence-electron chi connectivity index (χ1n) is 6.59. The van der Waals surface area contributed by atoms with E-state index in [4.69, 9.17) is 0 Å². The Balaban J connectivity index is 2.17. The van der Waals surface area contributed by atoms with Crippen molar-refractivity contribution in [1.82, 2.24) is 9.78 Å². The number of aliphatic hydroxyl groups excluding tert-OH is 1. The third-order valence-electron chi connectivity index (χ3n) is 3.69. The van der Waals surface area contributed by atoms with Gasteiger partial charge in [-0.2, -0.15) is 5.10 Å². The second kappa shape index (κ2) is 5.19. The predicted octanol–water partition coefficient (Wildman–Crippen LogP) is 2.02. The van der Waals surface area contributed by atoms with Crippen molar-refractivity contribution in [2.24, 2.45) is 0 Å². The molecule has 0 aromatic carbocycles. The quantitative estimate of drug-likeness (QED) is 0.843. The molecule has 0 amide bonds. The minimum Gasteiger partial charge on any atom is -0.387 e. The van der Waals surface area contributed by atoms with E-state index in [1.807, 2.05) is 6.07 Å². The third-order valence-corrected chi connectivity index (χ3v) is 3.69. The van der Waals surface area contributed by atoms with Crippen molar-refractivity contribution in [3.8, 4) is 0 Å². The summed E-state index contributed by atoms with van der Waals surface area (Å²) in [6.45, 7) is 2.86. The molecular formula is C13H22N2O2. The summed E-state index contributed by atoms with van der Waals surface area (Å²) in [5, 5.41) is 25.1. The number of hydrogen-bond donors (Lipinski definition) is 2. The van der Waals surface area contributed by atoms with E-state index >= 15 is 0 Å². The van der Waals surface area contributed by atoms with Crippen LogP contribution in [0.5, 0.6) is 0 Å². The van der Waals surface area contributed by atoms with Crippen molar-refractivity contribution in [2.75, 3.05) is 0 Å². The van der Waals surface area contributed by atoms with Crippen molar-refractivity contribution in [1.29, 1.82) is 0 Å². The van der Waals surface area contributed by atoms with Crippen molar-refractivity contribution in [3.63, 3.8) is 0 Å². The lowest BCUT2D eigenvalue weighted by molar-refractivity contribution is -0.102. The Hall–Kier alpha value is -0.870. The van der Waals surface area contributed by atoms with E-state index in [0.29, 0.717) is 12.8 Å². The highest BCUT2D eigenvalue weighted by molar-refractivity contribution is 5.10. The van der Waals surface area contributed by atoms with Crippen LogP contribution in [-0.2, 0) is 6.54 Å². The van der Waals surface area contributed by atoms with E-state index in [-0.39, 0.29) is 0 Å². The summed E-state index contributed by atoms with van der Waals surface area (Å²) in [5.41, 5.74) is -0.208. The second-order valence-electron chi connectivity index (χ2n) is 5.05. The zero-order valence-corrected chi connectivity index (χ0v) is 10.5. The van der Waals surface area contributed by atoms with Crippen LogP contribution in [0, 0.1) is 0 Å². The van der Waals surface area contributed by atoms with E-state index in [2.05, 4.69) is 12.0 Å².